The number of esters is 2. The predicted octanol–water partition coefficient (Wildman–Crippen LogP) is 3.63. The van der Waals surface area contributed by atoms with Gasteiger partial charge in [-0.2, -0.15) is 0 Å². The van der Waals surface area contributed by atoms with Gasteiger partial charge in [0, 0.05) is 12.3 Å². The van der Waals surface area contributed by atoms with Gasteiger partial charge in [0.15, 0.2) is 0 Å². The van der Waals surface area contributed by atoms with Crippen molar-refractivity contribution in [2.24, 2.45) is 11.8 Å². The van der Waals surface area contributed by atoms with Crippen LogP contribution in [0.1, 0.15) is 58.4 Å². The van der Waals surface area contributed by atoms with Gasteiger partial charge in [0.05, 0.1) is 23.3 Å². The molecule has 1 aromatic rings. The third-order valence-electron chi connectivity index (χ3n) is 5.58. The molecule has 188 valence electrons. The number of hydrogen-bond donors (Lipinski definition) is 2. The second kappa shape index (κ2) is 13.0. The molecule has 0 aromatic heterocycles. The number of amides is 2. The van der Waals surface area contributed by atoms with Crippen molar-refractivity contribution < 1.29 is 28.7 Å². The fourth-order valence-corrected chi connectivity index (χ4v) is 3.95. The highest BCUT2D eigenvalue weighted by Gasteiger charge is 2.45. The summed E-state index contributed by atoms with van der Waals surface area (Å²) in [6, 6.07) is 3.40. The third-order valence-corrected chi connectivity index (χ3v) is 6.32. The number of nitrogens with one attached hydrogen (secondary N) is 2. The molecule has 1 aliphatic rings. The van der Waals surface area contributed by atoms with E-state index in [1.807, 2.05) is 6.07 Å². The third kappa shape index (κ3) is 7.87. The van der Waals surface area contributed by atoms with Crippen molar-refractivity contribution >= 4 is 47.0 Å². The van der Waals surface area contributed by atoms with Crippen LogP contribution >= 0.6 is 23.2 Å². The van der Waals surface area contributed by atoms with Crippen LogP contribution in [0.15, 0.2) is 18.2 Å². The largest absolute Gasteiger partial charge is 0.466 e. The van der Waals surface area contributed by atoms with Crippen LogP contribution in [-0.4, -0.2) is 49.1 Å². The molecule has 4 atom stereocenters. The highest BCUT2D eigenvalue weighted by atomic mass is 35.5. The first-order chi connectivity index (χ1) is 16.1. The maximum atomic E-state index is 13.0. The highest BCUT2D eigenvalue weighted by molar-refractivity contribution is 6.42. The summed E-state index contributed by atoms with van der Waals surface area (Å²) >= 11 is 12.1. The molecule has 0 bridgehead atoms. The molecule has 34 heavy (non-hydrogen) atoms. The van der Waals surface area contributed by atoms with Crippen LogP contribution < -0.4 is 10.6 Å². The summed E-state index contributed by atoms with van der Waals surface area (Å²) in [5, 5.41) is 6.32. The topological polar surface area (TPSA) is 111 Å². The van der Waals surface area contributed by atoms with Gasteiger partial charge in [-0.3, -0.25) is 14.4 Å². The minimum absolute atomic E-state index is 0.00231. The van der Waals surface area contributed by atoms with E-state index in [1.165, 1.54) is 0 Å². The van der Waals surface area contributed by atoms with Gasteiger partial charge in [0.25, 0.3) is 0 Å². The first-order valence-electron chi connectivity index (χ1n) is 11.5. The molecule has 0 spiro atoms. The van der Waals surface area contributed by atoms with Crippen molar-refractivity contribution in [3.05, 3.63) is 33.8 Å². The second-order valence-electron chi connectivity index (χ2n) is 8.51. The Balaban J connectivity index is 2.02. The lowest BCUT2D eigenvalue weighted by Crippen LogP contribution is -2.54. The van der Waals surface area contributed by atoms with E-state index in [0.717, 1.165) is 5.56 Å². The normalized spacial score (nSPS) is 18.6. The zero-order valence-electron chi connectivity index (χ0n) is 19.9. The summed E-state index contributed by atoms with van der Waals surface area (Å²) in [4.78, 5) is 49.9. The van der Waals surface area contributed by atoms with Gasteiger partial charge in [0.2, 0.25) is 11.8 Å². The molecule has 0 heterocycles. The number of benzene rings is 1. The second-order valence-corrected chi connectivity index (χ2v) is 9.32. The van der Waals surface area contributed by atoms with E-state index in [0.29, 0.717) is 16.5 Å². The lowest BCUT2D eigenvalue weighted by molar-refractivity contribution is -0.149. The van der Waals surface area contributed by atoms with Crippen LogP contribution in [0.5, 0.6) is 0 Å². The quantitative estimate of drug-likeness (QED) is 0.412. The minimum atomic E-state index is -1.03. The molecule has 8 nitrogen and oxygen atoms in total. The van der Waals surface area contributed by atoms with Crippen molar-refractivity contribution in [3.8, 4) is 0 Å². The van der Waals surface area contributed by atoms with Crippen molar-refractivity contribution in [3.63, 3.8) is 0 Å². The van der Waals surface area contributed by atoms with Crippen LogP contribution in [0.4, 0.5) is 0 Å². The Bertz CT molecular complexity index is 907. The van der Waals surface area contributed by atoms with Gasteiger partial charge in [-0.25, -0.2) is 4.79 Å². The molecule has 1 aromatic carbocycles. The van der Waals surface area contributed by atoms with Crippen molar-refractivity contribution in [2.75, 3.05) is 13.2 Å². The molecule has 10 heteroatoms. The van der Waals surface area contributed by atoms with Crippen molar-refractivity contribution in [1.29, 1.82) is 0 Å². The standard InChI is InChI=1S/C24H32Cl2N2O6/c1-5-33-20(29)10-9-19(24(32)34-6-2)27-23(31)21(13(3)4)28-22(30)16-12-15(16)14-7-8-17(25)18(26)11-14/h7-8,11,13,15-16,19,21H,5-6,9-10,12H2,1-4H3,(H,27,31)(H,28,30)/t15-,16+,19+,21-/m0/s1. The number of rotatable bonds is 12. The van der Waals surface area contributed by atoms with Crippen molar-refractivity contribution in [1.82, 2.24) is 10.6 Å². The van der Waals surface area contributed by atoms with E-state index >= 15 is 0 Å². The summed E-state index contributed by atoms with van der Waals surface area (Å²) < 4.78 is 9.93. The molecule has 2 amide bonds. The van der Waals surface area contributed by atoms with E-state index in [1.54, 1.807) is 39.8 Å². The Labute approximate surface area is 210 Å². The van der Waals surface area contributed by atoms with Gasteiger partial charge >= 0.3 is 11.9 Å². The van der Waals surface area contributed by atoms with E-state index in [-0.39, 0.29) is 49.7 Å². The van der Waals surface area contributed by atoms with Gasteiger partial charge in [-0.1, -0.05) is 43.1 Å². The minimum Gasteiger partial charge on any atom is -0.466 e. The number of carbonyl (C=O) groups excluding carboxylic acids is 4. The summed E-state index contributed by atoms with van der Waals surface area (Å²) in [7, 11) is 0. The van der Waals surface area contributed by atoms with E-state index in [9.17, 15) is 19.2 Å². The maximum absolute atomic E-state index is 13.0. The Morgan fingerprint density at radius 1 is 1.03 bits per heavy atom. The molecular formula is C24H32Cl2N2O6. The van der Waals surface area contributed by atoms with Gasteiger partial charge in [-0.15, -0.1) is 0 Å². The van der Waals surface area contributed by atoms with E-state index < -0.39 is 29.9 Å². The summed E-state index contributed by atoms with van der Waals surface area (Å²) in [6.45, 7) is 7.29. The van der Waals surface area contributed by atoms with Gasteiger partial charge < -0.3 is 20.1 Å². The van der Waals surface area contributed by atoms with Crippen LogP contribution in [0.2, 0.25) is 10.0 Å². The molecule has 0 saturated heterocycles. The predicted molar refractivity (Wildman–Crippen MR) is 129 cm³/mol. The maximum Gasteiger partial charge on any atom is 0.328 e. The molecule has 1 saturated carbocycles. The Hall–Kier alpha value is -2.32. The average molecular weight is 515 g/mol. The van der Waals surface area contributed by atoms with Crippen LogP contribution in [0.3, 0.4) is 0 Å². The molecule has 2 N–H and O–H groups in total. The monoisotopic (exact) mass is 514 g/mol. The summed E-state index contributed by atoms with van der Waals surface area (Å²) in [5.41, 5.74) is 0.918. The summed E-state index contributed by atoms with van der Waals surface area (Å²) in [6.07, 6.45) is 0.620. The Morgan fingerprint density at radius 3 is 2.29 bits per heavy atom. The SMILES string of the molecule is CCOC(=O)CC[C@@H](NC(=O)[C@@H](NC(=O)[C@@H]1C[C@H]1c1ccc(Cl)c(Cl)c1)C(C)C)C(=O)OCC. The molecule has 2 rings (SSSR count). The Kier molecular flexibility index (Phi) is 10.6. The molecule has 0 aliphatic heterocycles. The first kappa shape index (κ1) is 27.9. The van der Waals surface area contributed by atoms with Crippen LogP contribution in [0, 0.1) is 11.8 Å². The van der Waals surface area contributed by atoms with Crippen molar-refractivity contribution in [2.45, 2.75) is 65.0 Å². The highest BCUT2D eigenvalue weighted by Crippen LogP contribution is 2.48. The number of hydrogen-bond acceptors (Lipinski definition) is 6. The fourth-order valence-electron chi connectivity index (χ4n) is 3.64. The zero-order chi connectivity index (χ0) is 25.4. The zero-order valence-corrected chi connectivity index (χ0v) is 21.4. The number of carbonyl (C=O) groups is 4. The lowest BCUT2D eigenvalue weighted by atomic mass is 10.0. The average Bonchev–Trinajstić information content (AvgIpc) is 3.57. The molecule has 1 fully saturated rings. The molecule has 1 aliphatic carbocycles. The van der Waals surface area contributed by atoms with Gasteiger partial charge in [-0.05, 0) is 56.2 Å². The molecule has 0 unspecified atom stereocenters. The summed E-state index contributed by atoms with van der Waals surface area (Å²) in [5.74, 6) is -2.39. The fraction of sp³-hybridized carbons (Fsp3) is 0.583. The van der Waals surface area contributed by atoms with E-state index in [2.05, 4.69) is 10.6 Å². The van der Waals surface area contributed by atoms with Gasteiger partial charge in [0.1, 0.15) is 12.1 Å². The number of halogens is 2. The van der Waals surface area contributed by atoms with E-state index in [4.69, 9.17) is 32.7 Å². The smallest absolute Gasteiger partial charge is 0.328 e. The van der Waals surface area contributed by atoms with Crippen LogP contribution in [-0.2, 0) is 28.7 Å². The van der Waals surface area contributed by atoms with Crippen LogP contribution in [0.25, 0.3) is 0 Å². The Morgan fingerprint density at radius 2 is 1.71 bits per heavy atom. The first-order valence-corrected chi connectivity index (χ1v) is 12.2. The molecule has 0 radical (unpaired) electrons. The lowest BCUT2D eigenvalue weighted by Gasteiger charge is -2.25. The molecular weight excluding hydrogens is 483 g/mol. The number of ether oxygens (including phenoxy) is 2.